The summed E-state index contributed by atoms with van der Waals surface area (Å²) in [6.45, 7) is 19.9. The first-order valence-electron chi connectivity index (χ1n) is 45.7. The van der Waals surface area contributed by atoms with E-state index in [0.29, 0.717) is 237 Å². The molecule has 5 aromatic rings. The molecule has 0 unspecified atom stereocenters. The summed E-state index contributed by atoms with van der Waals surface area (Å²) in [5.74, 6) is -5.19. The topological polar surface area (TPSA) is 470 Å². The van der Waals surface area contributed by atoms with Crippen LogP contribution in [0, 0.1) is 18.7 Å². The number of hydrogen-bond donors (Lipinski definition) is 8. The summed E-state index contributed by atoms with van der Waals surface area (Å²) in [6, 6.07) is 11.6. The monoisotopic (exact) mass is 1890 g/mol. The maximum absolute atomic E-state index is 15.8. The number of ether oxygens (including phenoxy) is 21. The van der Waals surface area contributed by atoms with Crippen LogP contribution >= 0.6 is 0 Å². The minimum Gasteiger partial charge on any atom is -0.458 e. The Hall–Kier alpha value is -9.45. The van der Waals surface area contributed by atoms with Crippen LogP contribution in [0.4, 0.5) is 19.7 Å². The zero-order chi connectivity index (χ0) is 95.9. The molecular formula is C93H136FN9O31. The summed E-state index contributed by atoms with van der Waals surface area (Å²) >= 11 is 0. The highest BCUT2D eigenvalue weighted by molar-refractivity contribution is 6.01. The first-order chi connectivity index (χ1) is 65.2. The predicted molar refractivity (Wildman–Crippen MR) is 483 cm³/mol. The average Bonchev–Trinajstić information content (AvgIpc) is 1.54. The Balaban J connectivity index is 0.793. The number of hydrogen-bond acceptors (Lipinski definition) is 32. The normalized spacial score (nSPS) is 14.9. The van der Waals surface area contributed by atoms with Crippen LogP contribution in [0.2, 0.25) is 0 Å². The second-order valence-electron chi connectivity index (χ2n) is 31.5. The highest BCUT2D eigenvalue weighted by Gasteiger charge is 2.46. The number of anilines is 1. The van der Waals surface area contributed by atoms with E-state index in [1.807, 2.05) is 6.07 Å². The number of fused-ring (bicyclic) bond motifs is 5. The lowest BCUT2D eigenvalue weighted by molar-refractivity contribution is -0.172. The standard InChI is InChI=1S/C93H136FN9O31/c1-8-93(113)74-57-79-84-72(59-103(79)89(109)73(74)62-132-90(93)110)82-76(20-19-70-65(4)75(94)58-78(99-84)81(70)82)100-91(111)134-61-68-17-18-69(56-71(68)86(106)96-22-23-116-28-29-119-34-35-122-40-41-125-44-42-123-38-36-120-32-30-117-26-24-114-6)98-85(105)66(5)97-88(108)83(64(2)3)102-87(107)77(101-92(112)133-60-67-14-10-9-11-15-67)16-12-13-21-95-80(104)63-131-55-54-130-53-52-129-51-50-128-49-48-127-47-46-126-45-43-124-39-37-121-33-31-118-27-25-115-7/h9-11,14-15,17-18,56-58,64,66,76-77,83,113H,8,12-13,16,19-55,59-63H2,1-7H3,(H,95,104)(H,96,106)(H,97,108)(H,98,105)(H,100,111)(H,101,112)(H,102,107)/t66-,76-,77-,83-,93-/m0/s1. The van der Waals surface area contributed by atoms with Crippen LogP contribution in [0.1, 0.15) is 121 Å². The van der Waals surface area contributed by atoms with Crippen LogP contribution < -0.4 is 42.8 Å². The number of pyridine rings is 2. The number of esters is 1. The smallest absolute Gasteiger partial charge is 0.408 e. The van der Waals surface area contributed by atoms with Crippen molar-refractivity contribution in [1.82, 2.24) is 41.5 Å². The summed E-state index contributed by atoms with van der Waals surface area (Å²) < 4.78 is 132. The van der Waals surface area contributed by atoms with Gasteiger partial charge >= 0.3 is 18.2 Å². The van der Waals surface area contributed by atoms with Gasteiger partial charge in [-0.1, -0.05) is 57.2 Å². The Morgan fingerprint density at radius 3 is 1.57 bits per heavy atom. The Labute approximate surface area is 780 Å². The van der Waals surface area contributed by atoms with E-state index in [4.69, 9.17) is 104 Å². The molecule has 0 fully saturated rings. The Morgan fingerprint density at radius 1 is 0.552 bits per heavy atom. The van der Waals surface area contributed by atoms with Crippen LogP contribution in [0.3, 0.4) is 0 Å². The lowest BCUT2D eigenvalue weighted by Crippen LogP contribution is -2.57. The van der Waals surface area contributed by atoms with Gasteiger partial charge in [0.05, 0.1) is 253 Å². The van der Waals surface area contributed by atoms with Crippen molar-refractivity contribution in [3.05, 3.63) is 127 Å². The van der Waals surface area contributed by atoms with Gasteiger partial charge in [-0.3, -0.25) is 28.8 Å². The highest BCUT2D eigenvalue weighted by Crippen LogP contribution is 2.46. The third kappa shape index (κ3) is 37.9. The van der Waals surface area contributed by atoms with Crippen LogP contribution in [-0.2, 0) is 162 Å². The van der Waals surface area contributed by atoms with E-state index in [1.165, 1.54) is 35.8 Å². The molecule has 8 N–H and O–H groups in total. The number of alkyl carbamates (subject to hydrolysis) is 2. The van der Waals surface area contributed by atoms with Gasteiger partial charge in [-0.25, -0.2) is 23.8 Å². The number of amides is 7. The van der Waals surface area contributed by atoms with Crippen LogP contribution in [0.5, 0.6) is 0 Å². The second-order valence-corrected chi connectivity index (χ2v) is 31.5. The fourth-order valence-electron chi connectivity index (χ4n) is 14.3. The number of nitrogens with zero attached hydrogens (tertiary/aromatic N) is 2. The molecule has 5 atom stereocenters. The maximum Gasteiger partial charge on any atom is 0.408 e. The summed E-state index contributed by atoms with van der Waals surface area (Å²) in [5.41, 5.74) is 1.59. The van der Waals surface area contributed by atoms with Crippen molar-refractivity contribution in [2.75, 3.05) is 257 Å². The molecule has 2 aromatic heterocycles. The molecule has 2 aliphatic heterocycles. The van der Waals surface area contributed by atoms with Gasteiger partial charge in [0.15, 0.2) is 5.60 Å². The predicted octanol–water partition coefficient (Wildman–Crippen LogP) is 4.89. The molecule has 0 saturated heterocycles. The van der Waals surface area contributed by atoms with Crippen molar-refractivity contribution in [2.45, 2.75) is 129 Å². The van der Waals surface area contributed by atoms with Gasteiger partial charge in [-0.05, 0) is 98.7 Å². The number of aromatic nitrogens is 2. The van der Waals surface area contributed by atoms with Crippen LogP contribution in [0.15, 0.2) is 65.5 Å². The molecule has 0 saturated carbocycles. The van der Waals surface area contributed by atoms with E-state index in [9.17, 15) is 48.3 Å². The molecule has 746 valence electrons. The molecule has 40 nitrogen and oxygen atoms in total. The SMILES string of the molecule is CC[C@@]1(O)C(=O)OCc2c1cc1n(c2=O)Cc2c-1nc1cc(F)c(C)c3c1c2[C@@H](NC(=O)OCc1ccc(NC(=O)[C@H](C)NC(=O)[C@@H](NC(=O)[C@H](CCCCNC(=O)COCCOCCOCCOCCOCCOCCOCCOCCOCCOC)NC(=O)OCc2ccccc2)C(C)C)cc1C(=O)NCCOCCOCCOCCOCCOCCOCCOCCOC)CC3. The number of cyclic esters (lactones) is 1. The largest absolute Gasteiger partial charge is 0.458 e. The molecule has 4 heterocycles. The number of carbonyl (C=O) groups is 8. The van der Waals surface area contributed by atoms with Crippen molar-refractivity contribution < 1.29 is 147 Å². The quantitative estimate of drug-likeness (QED) is 0.0143. The van der Waals surface area contributed by atoms with Crippen molar-refractivity contribution in [3.63, 3.8) is 0 Å². The Kier molecular flexibility index (Phi) is 51.7. The number of aryl methyl sites for hydroxylation is 1. The molecule has 0 radical (unpaired) electrons. The van der Waals surface area contributed by atoms with E-state index in [1.54, 1.807) is 72.2 Å². The number of unbranched alkanes of at least 4 members (excludes halogenated alkanes) is 1. The van der Waals surface area contributed by atoms with E-state index in [2.05, 4.69) is 37.2 Å². The van der Waals surface area contributed by atoms with Gasteiger partial charge in [-0.2, -0.15) is 0 Å². The van der Waals surface area contributed by atoms with Crippen LogP contribution in [-0.4, -0.2) is 332 Å². The van der Waals surface area contributed by atoms with E-state index in [-0.39, 0.29) is 143 Å². The number of halogens is 1. The second kappa shape index (κ2) is 63.1. The van der Waals surface area contributed by atoms with E-state index in [0.717, 1.165) is 0 Å². The fourth-order valence-corrected chi connectivity index (χ4v) is 14.3. The zero-order valence-electron chi connectivity index (χ0n) is 78.2. The summed E-state index contributed by atoms with van der Waals surface area (Å²) in [5, 5.41) is 31.6. The van der Waals surface area contributed by atoms with Crippen molar-refractivity contribution in [1.29, 1.82) is 0 Å². The van der Waals surface area contributed by atoms with Crippen LogP contribution in [0.25, 0.3) is 22.3 Å². The number of carbonyl (C=O) groups excluding carboxylic acids is 8. The maximum atomic E-state index is 15.8. The van der Waals surface area contributed by atoms with Gasteiger partial charge in [0.2, 0.25) is 23.6 Å². The zero-order valence-corrected chi connectivity index (χ0v) is 78.2. The number of methoxy groups -OCH3 is 2. The number of benzene rings is 3. The molecule has 8 rings (SSSR count). The van der Waals surface area contributed by atoms with E-state index < -0.39 is 95.5 Å². The fraction of sp³-hybridized carbons (Fsp3) is 0.634. The van der Waals surface area contributed by atoms with Gasteiger partial charge < -0.3 is 146 Å². The lowest BCUT2D eigenvalue weighted by atomic mass is 9.81. The van der Waals surface area contributed by atoms with Gasteiger partial charge in [0.1, 0.15) is 50.4 Å². The van der Waals surface area contributed by atoms with Gasteiger partial charge in [0.25, 0.3) is 11.5 Å². The van der Waals surface area contributed by atoms with E-state index >= 15 is 4.39 Å². The summed E-state index contributed by atoms with van der Waals surface area (Å²) in [4.78, 5) is 130. The summed E-state index contributed by atoms with van der Waals surface area (Å²) in [6.07, 6.45) is -0.544. The molecule has 1 aliphatic carbocycles. The molecule has 3 aliphatic rings. The average molecular weight is 1900 g/mol. The molecule has 0 spiro atoms. The third-order valence-corrected chi connectivity index (χ3v) is 21.5. The Morgan fingerprint density at radius 2 is 1.06 bits per heavy atom. The lowest BCUT2D eigenvalue weighted by Gasteiger charge is -2.31. The minimum atomic E-state index is -2.11. The Bertz CT molecular complexity index is 4460. The van der Waals surface area contributed by atoms with Crippen molar-refractivity contribution >= 4 is 64.3 Å². The molecule has 134 heavy (non-hydrogen) atoms. The van der Waals surface area contributed by atoms with Crippen molar-refractivity contribution in [3.8, 4) is 11.4 Å². The van der Waals surface area contributed by atoms with Gasteiger partial charge in [0, 0.05) is 66.7 Å². The first kappa shape index (κ1) is 110. The summed E-state index contributed by atoms with van der Waals surface area (Å²) in [7, 11) is 3.24. The molecule has 41 heteroatoms. The molecule has 0 bridgehead atoms. The third-order valence-electron chi connectivity index (χ3n) is 21.5. The number of aliphatic hydroxyl groups is 1. The number of nitrogens with one attached hydrogen (secondary N) is 7. The number of rotatable bonds is 73. The molecule has 7 amide bonds. The van der Waals surface area contributed by atoms with Crippen molar-refractivity contribution in [2.24, 2.45) is 5.92 Å². The highest BCUT2D eigenvalue weighted by atomic mass is 19.1. The molecular weight excluding hydrogens is 1760 g/mol. The molecule has 3 aromatic carbocycles. The minimum absolute atomic E-state index is 0.00552. The first-order valence-corrected chi connectivity index (χ1v) is 45.7. The van der Waals surface area contributed by atoms with Gasteiger partial charge in [-0.15, -0.1) is 0 Å².